The van der Waals surface area contributed by atoms with Crippen LogP contribution < -0.4 is 5.32 Å². The van der Waals surface area contributed by atoms with E-state index in [9.17, 15) is 0 Å². The summed E-state index contributed by atoms with van der Waals surface area (Å²) in [4.78, 5) is 2.26. The Hall–Kier alpha value is -0.0800. The van der Waals surface area contributed by atoms with Crippen molar-refractivity contribution in [2.24, 2.45) is 0 Å². The molecule has 1 N–H and O–H groups in total. The van der Waals surface area contributed by atoms with E-state index in [-0.39, 0.29) is 0 Å². The van der Waals surface area contributed by atoms with E-state index in [0.29, 0.717) is 12.1 Å². The van der Waals surface area contributed by atoms with E-state index in [1.807, 2.05) is 0 Å². The molecule has 0 spiro atoms. The van der Waals surface area contributed by atoms with Crippen LogP contribution in [0.3, 0.4) is 0 Å². The van der Waals surface area contributed by atoms with Crippen LogP contribution in [0.1, 0.15) is 59.3 Å². The van der Waals surface area contributed by atoms with Crippen molar-refractivity contribution in [1.29, 1.82) is 0 Å². The zero-order valence-corrected chi connectivity index (χ0v) is 12.1. The quantitative estimate of drug-likeness (QED) is 0.577. The van der Waals surface area contributed by atoms with Gasteiger partial charge in [0.2, 0.25) is 0 Å². The van der Waals surface area contributed by atoms with Crippen LogP contribution in [0, 0.1) is 0 Å². The lowest BCUT2D eigenvalue weighted by Crippen LogP contribution is -2.39. The average Bonchev–Trinajstić information content (AvgIpc) is 2.25. The van der Waals surface area contributed by atoms with Crippen molar-refractivity contribution in [1.82, 2.24) is 10.2 Å². The van der Waals surface area contributed by atoms with Gasteiger partial charge in [-0.3, -0.25) is 0 Å². The van der Waals surface area contributed by atoms with Gasteiger partial charge in [0.15, 0.2) is 0 Å². The summed E-state index contributed by atoms with van der Waals surface area (Å²) in [6.07, 6.45) is 8.27. The molecule has 0 bridgehead atoms. The first-order valence-corrected chi connectivity index (χ1v) is 6.97. The highest BCUT2D eigenvalue weighted by Crippen LogP contribution is 2.07. The topological polar surface area (TPSA) is 15.3 Å². The van der Waals surface area contributed by atoms with Crippen LogP contribution in [0.4, 0.5) is 0 Å². The molecular formula is C14H32N2. The van der Waals surface area contributed by atoms with Gasteiger partial charge in [-0.25, -0.2) is 0 Å². The highest BCUT2D eigenvalue weighted by atomic mass is 15.1. The number of unbranched alkanes of at least 4 members (excludes halogenated alkanes) is 4. The van der Waals surface area contributed by atoms with E-state index in [1.165, 1.54) is 38.5 Å². The molecule has 0 fully saturated rings. The Morgan fingerprint density at radius 3 is 2.19 bits per heavy atom. The Bertz CT molecular complexity index is 146. The van der Waals surface area contributed by atoms with Crippen LogP contribution in [0.2, 0.25) is 0 Å². The van der Waals surface area contributed by atoms with Crippen LogP contribution in [-0.2, 0) is 0 Å². The Morgan fingerprint density at radius 2 is 1.62 bits per heavy atom. The van der Waals surface area contributed by atoms with Crippen LogP contribution in [0.15, 0.2) is 0 Å². The summed E-state index contributed by atoms with van der Waals surface area (Å²) < 4.78 is 0. The van der Waals surface area contributed by atoms with Gasteiger partial charge < -0.3 is 10.2 Å². The molecule has 0 aromatic rings. The maximum absolute atomic E-state index is 3.61. The molecule has 0 aromatic heterocycles. The van der Waals surface area contributed by atoms with Crippen molar-refractivity contribution in [2.45, 2.75) is 71.4 Å². The second-order valence-corrected chi connectivity index (χ2v) is 5.32. The second-order valence-electron chi connectivity index (χ2n) is 5.32. The molecule has 98 valence electrons. The van der Waals surface area contributed by atoms with E-state index in [0.717, 1.165) is 6.54 Å². The molecule has 16 heavy (non-hydrogen) atoms. The number of rotatable bonds is 10. The molecule has 2 atom stereocenters. The van der Waals surface area contributed by atoms with Gasteiger partial charge in [-0.1, -0.05) is 39.0 Å². The van der Waals surface area contributed by atoms with Crippen molar-refractivity contribution in [3.8, 4) is 0 Å². The van der Waals surface area contributed by atoms with E-state index in [1.54, 1.807) is 0 Å². The molecule has 0 aliphatic carbocycles. The Balaban J connectivity index is 3.34. The van der Waals surface area contributed by atoms with Gasteiger partial charge in [-0.05, 0) is 34.4 Å². The van der Waals surface area contributed by atoms with Crippen LogP contribution in [-0.4, -0.2) is 37.6 Å². The molecular weight excluding hydrogens is 196 g/mol. The molecule has 0 rings (SSSR count). The van der Waals surface area contributed by atoms with E-state index in [2.05, 4.69) is 45.1 Å². The molecule has 0 amide bonds. The highest BCUT2D eigenvalue weighted by Gasteiger charge is 2.06. The van der Waals surface area contributed by atoms with Crippen molar-refractivity contribution in [3.63, 3.8) is 0 Å². The van der Waals surface area contributed by atoms with Crippen molar-refractivity contribution < 1.29 is 0 Å². The van der Waals surface area contributed by atoms with Crippen LogP contribution in [0.25, 0.3) is 0 Å². The summed E-state index contributed by atoms with van der Waals surface area (Å²) in [7, 11) is 4.28. The van der Waals surface area contributed by atoms with Crippen molar-refractivity contribution in [3.05, 3.63) is 0 Å². The fourth-order valence-corrected chi connectivity index (χ4v) is 1.71. The lowest BCUT2D eigenvalue weighted by Gasteiger charge is -2.22. The van der Waals surface area contributed by atoms with E-state index in [4.69, 9.17) is 0 Å². The molecule has 0 saturated heterocycles. The Morgan fingerprint density at radius 1 is 1.00 bits per heavy atom. The standard InChI is InChI=1S/C14H32N2/c1-6-7-8-9-10-11-13(2)15-12-14(3)16(4)5/h13-15H,6-12H2,1-5H3. The van der Waals surface area contributed by atoms with Crippen molar-refractivity contribution >= 4 is 0 Å². The minimum absolute atomic E-state index is 0.627. The molecule has 0 aliphatic heterocycles. The third kappa shape index (κ3) is 9.17. The van der Waals surface area contributed by atoms with E-state index >= 15 is 0 Å². The molecule has 0 aromatic carbocycles. The van der Waals surface area contributed by atoms with Gasteiger partial charge >= 0.3 is 0 Å². The first-order chi connectivity index (χ1) is 7.57. The fourth-order valence-electron chi connectivity index (χ4n) is 1.71. The first-order valence-electron chi connectivity index (χ1n) is 6.97. The minimum Gasteiger partial charge on any atom is -0.313 e. The maximum atomic E-state index is 3.61. The SMILES string of the molecule is CCCCCCCC(C)NCC(C)N(C)C. The molecule has 0 radical (unpaired) electrons. The number of hydrogen-bond donors (Lipinski definition) is 1. The fraction of sp³-hybridized carbons (Fsp3) is 1.00. The zero-order valence-electron chi connectivity index (χ0n) is 12.1. The molecule has 0 saturated carbocycles. The maximum Gasteiger partial charge on any atom is 0.0186 e. The van der Waals surface area contributed by atoms with Crippen molar-refractivity contribution in [2.75, 3.05) is 20.6 Å². The largest absolute Gasteiger partial charge is 0.313 e. The number of likely N-dealkylation sites (N-methyl/N-ethyl adjacent to an activating group) is 1. The monoisotopic (exact) mass is 228 g/mol. The summed E-state index contributed by atoms with van der Waals surface area (Å²) in [6, 6.07) is 1.30. The lowest BCUT2D eigenvalue weighted by molar-refractivity contribution is 0.292. The van der Waals surface area contributed by atoms with Gasteiger partial charge in [0.1, 0.15) is 0 Å². The Kier molecular flexibility index (Phi) is 10.0. The predicted octanol–water partition coefficient (Wildman–Crippen LogP) is 3.28. The molecule has 0 aliphatic rings. The normalized spacial score (nSPS) is 15.4. The number of hydrogen-bond acceptors (Lipinski definition) is 2. The van der Waals surface area contributed by atoms with Gasteiger partial charge in [0, 0.05) is 18.6 Å². The third-order valence-electron chi connectivity index (χ3n) is 3.38. The second kappa shape index (κ2) is 10.1. The smallest absolute Gasteiger partial charge is 0.0186 e. The van der Waals surface area contributed by atoms with Gasteiger partial charge in [-0.2, -0.15) is 0 Å². The first kappa shape index (κ1) is 15.9. The lowest BCUT2D eigenvalue weighted by atomic mass is 10.1. The van der Waals surface area contributed by atoms with Gasteiger partial charge in [0.05, 0.1) is 0 Å². The molecule has 2 unspecified atom stereocenters. The third-order valence-corrected chi connectivity index (χ3v) is 3.38. The van der Waals surface area contributed by atoms with Gasteiger partial charge in [-0.15, -0.1) is 0 Å². The summed E-state index contributed by atoms with van der Waals surface area (Å²) in [5.41, 5.74) is 0. The summed E-state index contributed by atoms with van der Waals surface area (Å²) in [6.45, 7) is 7.94. The number of nitrogens with one attached hydrogen (secondary N) is 1. The molecule has 0 heterocycles. The summed E-state index contributed by atoms with van der Waals surface area (Å²) >= 11 is 0. The minimum atomic E-state index is 0.627. The zero-order chi connectivity index (χ0) is 12.4. The van der Waals surface area contributed by atoms with E-state index < -0.39 is 0 Å². The molecule has 2 nitrogen and oxygen atoms in total. The van der Waals surface area contributed by atoms with Crippen LogP contribution >= 0.6 is 0 Å². The number of nitrogens with zero attached hydrogens (tertiary/aromatic N) is 1. The van der Waals surface area contributed by atoms with Gasteiger partial charge in [0.25, 0.3) is 0 Å². The average molecular weight is 228 g/mol. The predicted molar refractivity (Wildman–Crippen MR) is 74.0 cm³/mol. The van der Waals surface area contributed by atoms with Crippen LogP contribution in [0.5, 0.6) is 0 Å². The highest BCUT2D eigenvalue weighted by molar-refractivity contribution is 4.67. The summed E-state index contributed by atoms with van der Waals surface area (Å²) in [5.74, 6) is 0. The summed E-state index contributed by atoms with van der Waals surface area (Å²) in [5, 5.41) is 3.61. The molecule has 2 heteroatoms. The Labute approximate surface area is 103 Å².